The molecule has 0 saturated carbocycles. The molecule has 0 radical (unpaired) electrons. The first-order valence-corrected chi connectivity index (χ1v) is 7.15. The van der Waals surface area contributed by atoms with Crippen LogP contribution in [0.5, 0.6) is 0 Å². The standard InChI is InChI=1S/C15H30O2/c1-13(2)10-8-6-5-7-9-11-15(16)12-17-14(3)4/h13-14H,5-12H2,1-4H3. The highest BCUT2D eigenvalue weighted by Gasteiger charge is 2.03. The number of ketones is 1. The van der Waals surface area contributed by atoms with Gasteiger partial charge in [0.15, 0.2) is 5.78 Å². The number of rotatable bonds is 11. The van der Waals surface area contributed by atoms with Crippen molar-refractivity contribution in [2.24, 2.45) is 5.92 Å². The molecule has 0 spiro atoms. The van der Waals surface area contributed by atoms with Crippen LogP contribution in [0.15, 0.2) is 0 Å². The molecule has 0 aromatic heterocycles. The second kappa shape index (κ2) is 10.8. The summed E-state index contributed by atoms with van der Waals surface area (Å²) in [7, 11) is 0. The van der Waals surface area contributed by atoms with Gasteiger partial charge in [-0.2, -0.15) is 0 Å². The van der Waals surface area contributed by atoms with Crippen LogP contribution >= 0.6 is 0 Å². The average Bonchev–Trinajstić information content (AvgIpc) is 2.24. The summed E-state index contributed by atoms with van der Waals surface area (Å²) in [5.74, 6) is 1.07. The summed E-state index contributed by atoms with van der Waals surface area (Å²) in [4.78, 5) is 11.4. The van der Waals surface area contributed by atoms with E-state index >= 15 is 0 Å². The second-order valence-corrected chi connectivity index (χ2v) is 5.60. The molecule has 0 heterocycles. The molecule has 0 aliphatic rings. The van der Waals surface area contributed by atoms with Crippen LogP contribution in [0.25, 0.3) is 0 Å². The molecule has 0 aliphatic carbocycles. The predicted molar refractivity (Wildman–Crippen MR) is 73.3 cm³/mol. The molecular formula is C15H30O2. The third kappa shape index (κ3) is 13.6. The maximum Gasteiger partial charge on any atom is 0.158 e. The third-order valence-electron chi connectivity index (χ3n) is 2.81. The number of hydrogen-bond donors (Lipinski definition) is 0. The molecule has 0 bridgehead atoms. The zero-order valence-corrected chi connectivity index (χ0v) is 12.1. The molecular weight excluding hydrogens is 212 g/mol. The van der Waals surface area contributed by atoms with Crippen LogP contribution in [-0.2, 0) is 9.53 Å². The number of unbranched alkanes of at least 4 members (excludes halogenated alkanes) is 4. The average molecular weight is 242 g/mol. The Morgan fingerprint density at radius 2 is 1.53 bits per heavy atom. The number of Topliss-reactive ketones (excluding diaryl/α,β-unsaturated/α-hetero) is 1. The Morgan fingerprint density at radius 3 is 2.12 bits per heavy atom. The molecule has 0 aliphatic heterocycles. The Balaban J connectivity index is 3.19. The number of ether oxygens (including phenoxy) is 1. The van der Waals surface area contributed by atoms with Gasteiger partial charge in [-0.25, -0.2) is 0 Å². The highest BCUT2D eigenvalue weighted by Crippen LogP contribution is 2.11. The quantitative estimate of drug-likeness (QED) is 0.503. The summed E-state index contributed by atoms with van der Waals surface area (Å²) in [5, 5.41) is 0. The summed E-state index contributed by atoms with van der Waals surface area (Å²) < 4.78 is 5.28. The summed E-state index contributed by atoms with van der Waals surface area (Å²) in [6, 6.07) is 0. The summed E-state index contributed by atoms with van der Waals surface area (Å²) >= 11 is 0. The minimum Gasteiger partial charge on any atom is -0.371 e. The van der Waals surface area contributed by atoms with Crippen molar-refractivity contribution in [2.45, 2.75) is 78.7 Å². The predicted octanol–water partition coefficient (Wildman–Crippen LogP) is 4.37. The molecule has 2 heteroatoms. The van der Waals surface area contributed by atoms with Gasteiger partial charge >= 0.3 is 0 Å². The monoisotopic (exact) mass is 242 g/mol. The molecule has 0 unspecified atom stereocenters. The van der Waals surface area contributed by atoms with Crippen molar-refractivity contribution in [2.75, 3.05) is 6.61 Å². The van der Waals surface area contributed by atoms with Gasteiger partial charge < -0.3 is 4.74 Å². The minimum absolute atomic E-state index is 0.162. The van der Waals surface area contributed by atoms with Crippen molar-refractivity contribution in [1.29, 1.82) is 0 Å². The zero-order valence-electron chi connectivity index (χ0n) is 12.1. The lowest BCUT2D eigenvalue weighted by atomic mass is 10.0. The van der Waals surface area contributed by atoms with Gasteiger partial charge in [0.1, 0.15) is 6.61 Å². The number of carbonyl (C=O) groups excluding carboxylic acids is 1. The van der Waals surface area contributed by atoms with Crippen LogP contribution in [0.3, 0.4) is 0 Å². The van der Waals surface area contributed by atoms with E-state index in [1.54, 1.807) is 0 Å². The maximum absolute atomic E-state index is 11.4. The van der Waals surface area contributed by atoms with Gasteiger partial charge in [0.25, 0.3) is 0 Å². The van der Waals surface area contributed by atoms with Gasteiger partial charge in [0, 0.05) is 6.42 Å². The first kappa shape index (κ1) is 16.6. The van der Waals surface area contributed by atoms with Crippen LogP contribution in [-0.4, -0.2) is 18.5 Å². The van der Waals surface area contributed by atoms with E-state index in [9.17, 15) is 4.79 Å². The van der Waals surface area contributed by atoms with Gasteiger partial charge in [-0.15, -0.1) is 0 Å². The molecule has 0 rings (SSSR count). The second-order valence-electron chi connectivity index (χ2n) is 5.60. The van der Waals surface area contributed by atoms with Crippen LogP contribution < -0.4 is 0 Å². The zero-order chi connectivity index (χ0) is 13.1. The van der Waals surface area contributed by atoms with Gasteiger partial charge in [-0.3, -0.25) is 4.79 Å². The van der Waals surface area contributed by atoms with Crippen molar-refractivity contribution in [3.05, 3.63) is 0 Å². The number of hydrogen-bond acceptors (Lipinski definition) is 2. The lowest BCUT2D eigenvalue weighted by Gasteiger charge is -2.06. The van der Waals surface area contributed by atoms with Crippen molar-refractivity contribution < 1.29 is 9.53 Å². The molecule has 102 valence electrons. The Kier molecular flexibility index (Phi) is 10.5. The van der Waals surface area contributed by atoms with E-state index < -0.39 is 0 Å². The van der Waals surface area contributed by atoms with Gasteiger partial charge in [-0.05, 0) is 26.2 Å². The Hall–Kier alpha value is -0.370. The molecule has 0 aromatic rings. The Morgan fingerprint density at radius 1 is 0.941 bits per heavy atom. The van der Waals surface area contributed by atoms with Crippen LogP contribution in [0, 0.1) is 5.92 Å². The first-order valence-electron chi connectivity index (χ1n) is 7.15. The molecule has 2 nitrogen and oxygen atoms in total. The summed E-state index contributed by atoms with van der Waals surface area (Å²) in [6.07, 6.45) is 8.32. The summed E-state index contributed by atoms with van der Waals surface area (Å²) in [5.41, 5.74) is 0. The molecule has 0 amide bonds. The van der Waals surface area contributed by atoms with E-state index in [4.69, 9.17) is 4.74 Å². The van der Waals surface area contributed by atoms with Crippen LogP contribution in [0.1, 0.15) is 72.6 Å². The minimum atomic E-state index is 0.162. The Bertz CT molecular complexity index is 185. The van der Waals surface area contributed by atoms with E-state index in [1.807, 2.05) is 13.8 Å². The topological polar surface area (TPSA) is 26.3 Å². The highest BCUT2D eigenvalue weighted by molar-refractivity contribution is 5.79. The third-order valence-corrected chi connectivity index (χ3v) is 2.81. The largest absolute Gasteiger partial charge is 0.371 e. The fourth-order valence-electron chi connectivity index (χ4n) is 1.74. The fourth-order valence-corrected chi connectivity index (χ4v) is 1.74. The highest BCUT2D eigenvalue weighted by atomic mass is 16.5. The van der Waals surface area contributed by atoms with Crippen molar-refractivity contribution >= 4 is 5.78 Å². The van der Waals surface area contributed by atoms with Crippen molar-refractivity contribution in [3.8, 4) is 0 Å². The molecule has 0 N–H and O–H groups in total. The Labute approximate surface area is 107 Å². The van der Waals surface area contributed by atoms with Crippen LogP contribution in [0.2, 0.25) is 0 Å². The molecule has 0 aromatic carbocycles. The van der Waals surface area contributed by atoms with E-state index in [2.05, 4.69) is 13.8 Å². The summed E-state index contributed by atoms with van der Waals surface area (Å²) in [6.45, 7) is 8.76. The van der Waals surface area contributed by atoms with Gasteiger partial charge in [0.2, 0.25) is 0 Å². The number of carbonyl (C=O) groups is 1. The SMILES string of the molecule is CC(C)CCCCCCCC(=O)COC(C)C. The smallest absolute Gasteiger partial charge is 0.158 e. The van der Waals surface area contributed by atoms with Crippen molar-refractivity contribution in [1.82, 2.24) is 0 Å². The van der Waals surface area contributed by atoms with Crippen molar-refractivity contribution in [3.63, 3.8) is 0 Å². The normalized spacial score (nSPS) is 11.4. The molecule has 17 heavy (non-hydrogen) atoms. The van der Waals surface area contributed by atoms with E-state index in [0.29, 0.717) is 13.0 Å². The van der Waals surface area contributed by atoms with Gasteiger partial charge in [0.05, 0.1) is 6.10 Å². The van der Waals surface area contributed by atoms with E-state index in [1.165, 1.54) is 32.1 Å². The maximum atomic E-state index is 11.4. The fraction of sp³-hybridized carbons (Fsp3) is 0.933. The first-order chi connectivity index (χ1) is 8.02. The van der Waals surface area contributed by atoms with Gasteiger partial charge in [-0.1, -0.05) is 46.0 Å². The molecule has 0 saturated heterocycles. The molecule has 0 atom stereocenters. The lowest BCUT2D eigenvalue weighted by Crippen LogP contribution is -2.12. The van der Waals surface area contributed by atoms with E-state index in [-0.39, 0.29) is 11.9 Å². The molecule has 0 fully saturated rings. The lowest BCUT2D eigenvalue weighted by molar-refractivity contribution is -0.125. The van der Waals surface area contributed by atoms with E-state index in [0.717, 1.165) is 12.3 Å². The van der Waals surface area contributed by atoms with Crippen LogP contribution in [0.4, 0.5) is 0 Å².